The number of ether oxygens (including phenoxy) is 1. The highest BCUT2D eigenvalue weighted by atomic mass is 35.5. The molecule has 0 aliphatic carbocycles. The Balaban J connectivity index is 1.49. The summed E-state index contributed by atoms with van der Waals surface area (Å²) in [5.74, 6) is -0.351. The molecule has 220 valence electrons. The number of aromatic nitrogens is 1. The molecule has 1 aromatic heterocycles. The zero-order valence-corrected chi connectivity index (χ0v) is 25.2. The molecule has 1 unspecified atom stereocenters. The fourth-order valence-electron chi connectivity index (χ4n) is 6.66. The van der Waals surface area contributed by atoms with Crippen LogP contribution in [0.25, 0.3) is 10.9 Å². The highest BCUT2D eigenvalue weighted by Crippen LogP contribution is 2.45. The first-order chi connectivity index (χ1) is 19.5. The van der Waals surface area contributed by atoms with E-state index in [1.54, 1.807) is 23.1 Å². The summed E-state index contributed by atoms with van der Waals surface area (Å²) < 4.78 is 64.4. The quantitative estimate of drug-likeness (QED) is 0.442. The second-order valence-corrected chi connectivity index (χ2v) is 15.1. The standard InChI is InChI=1S/C27H32ClN5O6S2/c1-30-26(10-12-29-13-11-26)17-32-24(34)16-31(18-27(30,32)19-39-2)41(37,38)25-15-20-14-21(28)8-9-23(20)33(25)40(35,36)22-6-4-3-5-7-22/h3-9,14-15,29H,10-13,16-19H2,1-2H3. The molecule has 3 aromatic rings. The molecular formula is C27H32ClN5O6S2. The van der Waals surface area contributed by atoms with Crippen molar-refractivity contribution < 1.29 is 26.4 Å². The van der Waals surface area contributed by atoms with Gasteiger partial charge in [-0.3, -0.25) is 9.69 Å². The van der Waals surface area contributed by atoms with Crippen molar-refractivity contribution in [2.45, 2.75) is 34.0 Å². The van der Waals surface area contributed by atoms with Crippen LogP contribution in [0.15, 0.2) is 64.5 Å². The highest BCUT2D eigenvalue weighted by molar-refractivity contribution is 7.92. The minimum atomic E-state index is -4.52. The molecule has 1 spiro atoms. The molecule has 2 aromatic carbocycles. The van der Waals surface area contributed by atoms with Gasteiger partial charge in [0.25, 0.3) is 20.0 Å². The van der Waals surface area contributed by atoms with Crippen LogP contribution >= 0.6 is 11.6 Å². The second-order valence-electron chi connectivity index (χ2n) is 11.0. The molecule has 6 rings (SSSR count). The lowest BCUT2D eigenvalue weighted by Gasteiger charge is -2.50. The summed E-state index contributed by atoms with van der Waals surface area (Å²) >= 11 is 6.20. The number of benzene rings is 2. The maximum atomic E-state index is 14.5. The van der Waals surface area contributed by atoms with Crippen molar-refractivity contribution >= 4 is 48.5 Å². The lowest BCUT2D eigenvalue weighted by Crippen LogP contribution is -2.70. The van der Waals surface area contributed by atoms with Gasteiger partial charge in [0.1, 0.15) is 5.66 Å². The Morgan fingerprint density at radius 3 is 2.37 bits per heavy atom. The van der Waals surface area contributed by atoms with E-state index in [2.05, 4.69) is 10.2 Å². The molecule has 1 N–H and O–H groups in total. The largest absolute Gasteiger partial charge is 0.381 e. The zero-order chi connectivity index (χ0) is 29.2. The average molecular weight is 622 g/mol. The molecule has 3 aliphatic heterocycles. The number of halogens is 1. The maximum absolute atomic E-state index is 14.5. The van der Waals surface area contributed by atoms with Crippen LogP contribution in [0.5, 0.6) is 0 Å². The van der Waals surface area contributed by atoms with Crippen molar-refractivity contribution in [3.8, 4) is 0 Å². The lowest BCUT2D eigenvalue weighted by molar-refractivity contribution is -0.152. The van der Waals surface area contributed by atoms with Crippen LogP contribution in [0.4, 0.5) is 0 Å². The molecule has 4 heterocycles. The minimum absolute atomic E-state index is 0.0657. The summed E-state index contributed by atoms with van der Waals surface area (Å²) in [7, 11) is -5.42. The molecule has 41 heavy (non-hydrogen) atoms. The second kappa shape index (κ2) is 10.0. The monoisotopic (exact) mass is 621 g/mol. The lowest BCUT2D eigenvalue weighted by atomic mass is 9.87. The molecular weight excluding hydrogens is 590 g/mol. The van der Waals surface area contributed by atoms with E-state index in [1.807, 2.05) is 7.05 Å². The predicted octanol–water partition coefficient (Wildman–Crippen LogP) is 1.77. The number of methoxy groups -OCH3 is 1. The summed E-state index contributed by atoms with van der Waals surface area (Å²) in [6.07, 6.45) is 1.60. The number of rotatable bonds is 6. The Morgan fingerprint density at radius 2 is 1.68 bits per heavy atom. The zero-order valence-electron chi connectivity index (χ0n) is 22.8. The Hall–Kier alpha value is -2.52. The Morgan fingerprint density at radius 1 is 0.976 bits per heavy atom. The van der Waals surface area contributed by atoms with Gasteiger partial charge in [-0.05, 0) is 69.4 Å². The van der Waals surface area contributed by atoms with E-state index in [1.165, 1.54) is 43.5 Å². The number of carbonyl (C=O) groups is 1. The summed E-state index contributed by atoms with van der Waals surface area (Å²) in [4.78, 5) is 17.5. The first kappa shape index (κ1) is 28.6. The third kappa shape index (κ3) is 4.32. The van der Waals surface area contributed by atoms with Crippen LogP contribution in [0.2, 0.25) is 5.02 Å². The van der Waals surface area contributed by atoms with Crippen LogP contribution in [-0.4, -0.2) is 106 Å². The van der Waals surface area contributed by atoms with Gasteiger partial charge < -0.3 is 15.0 Å². The van der Waals surface area contributed by atoms with Gasteiger partial charge in [0.05, 0.1) is 30.1 Å². The van der Waals surface area contributed by atoms with Crippen molar-refractivity contribution in [1.29, 1.82) is 0 Å². The molecule has 1 amide bonds. The number of amides is 1. The van der Waals surface area contributed by atoms with Crippen LogP contribution in [-0.2, 0) is 29.6 Å². The number of piperazine rings is 1. The average Bonchev–Trinajstić information content (AvgIpc) is 3.45. The molecule has 1 atom stereocenters. The number of hydrogen-bond acceptors (Lipinski definition) is 8. The van der Waals surface area contributed by atoms with Crippen molar-refractivity contribution in [1.82, 2.24) is 23.4 Å². The third-order valence-electron chi connectivity index (χ3n) is 8.82. The first-order valence-electron chi connectivity index (χ1n) is 13.3. The molecule has 14 heteroatoms. The fraction of sp³-hybridized carbons (Fsp3) is 0.444. The molecule has 3 saturated heterocycles. The highest BCUT2D eigenvalue weighted by Gasteiger charge is 2.62. The third-order valence-corrected chi connectivity index (χ3v) is 12.7. The van der Waals surface area contributed by atoms with E-state index < -0.39 is 37.3 Å². The van der Waals surface area contributed by atoms with Crippen LogP contribution < -0.4 is 5.32 Å². The Kier molecular flexibility index (Phi) is 7.00. The Labute approximate surface area is 244 Å². The van der Waals surface area contributed by atoms with Gasteiger partial charge in [-0.2, -0.15) is 4.31 Å². The van der Waals surface area contributed by atoms with Crippen LogP contribution in [0.1, 0.15) is 12.8 Å². The van der Waals surface area contributed by atoms with E-state index in [0.29, 0.717) is 17.0 Å². The summed E-state index contributed by atoms with van der Waals surface area (Å²) in [6, 6.07) is 13.5. The topological polar surface area (TPSA) is 121 Å². The van der Waals surface area contributed by atoms with Gasteiger partial charge in [0.15, 0.2) is 5.03 Å². The number of nitrogens with zero attached hydrogens (tertiary/aromatic N) is 4. The van der Waals surface area contributed by atoms with E-state index in [0.717, 1.165) is 34.2 Å². The molecule has 3 fully saturated rings. The fourth-order valence-corrected chi connectivity index (χ4v) is 10.3. The Bertz CT molecular complexity index is 1720. The van der Waals surface area contributed by atoms with E-state index in [9.17, 15) is 21.6 Å². The minimum Gasteiger partial charge on any atom is -0.381 e. The summed E-state index contributed by atoms with van der Waals surface area (Å²) in [5.41, 5.74) is -1.20. The molecule has 0 bridgehead atoms. The summed E-state index contributed by atoms with van der Waals surface area (Å²) in [6.45, 7) is 1.66. The van der Waals surface area contributed by atoms with Crippen molar-refractivity contribution in [3.63, 3.8) is 0 Å². The molecule has 3 aliphatic rings. The van der Waals surface area contributed by atoms with Gasteiger partial charge in [-0.1, -0.05) is 29.8 Å². The number of fused-ring (bicyclic) bond motifs is 2. The predicted molar refractivity (Wildman–Crippen MR) is 154 cm³/mol. The van der Waals surface area contributed by atoms with E-state index in [-0.39, 0.29) is 35.0 Å². The molecule has 11 nitrogen and oxygen atoms in total. The van der Waals surface area contributed by atoms with Gasteiger partial charge in [0.2, 0.25) is 5.91 Å². The number of sulfonamides is 1. The van der Waals surface area contributed by atoms with Crippen molar-refractivity contribution in [2.75, 3.05) is 53.5 Å². The van der Waals surface area contributed by atoms with E-state index >= 15 is 0 Å². The van der Waals surface area contributed by atoms with E-state index in [4.69, 9.17) is 16.3 Å². The van der Waals surface area contributed by atoms with Crippen molar-refractivity contribution in [2.24, 2.45) is 0 Å². The smallest absolute Gasteiger partial charge is 0.269 e. The molecule has 0 saturated carbocycles. The molecule has 0 radical (unpaired) electrons. The normalized spacial score (nSPS) is 23.9. The van der Waals surface area contributed by atoms with Gasteiger partial charge >= 0.3 is 0 Å². The number of carbonyl (C=O) groups excluding carboxylic acids is 1. The van der Waals surface area contributed by atoms with Gasteiger partial charge in [-0.15, -0.1) is 0 Å². The van der Waals surface area contributed by atoms with Crippen LogP contribution in [0, 0.1) is 0 Å². The maximum Gasteiger partial charge on any atom is 0.269 e. The number of likely N-dealkylation sites (N-methyl/N-ethyl adjacent to an activating group) is 1. The van der Waals surface area contributed by atoms with Crippen LogP contribution in [0.3, 0.4) is 0 Å². The first-order valence-corrected chi connectivity index (χ1v) is 16.6. The number of nitrogens with one attached hydrogen (secondary N) is 1. The number of piperidine rings is 1. The van der Waals surface area contributed by atoms with Gasteiger partial charge in [0, 0.05) is 29.6 Å². The number of hydrogen-bond donors (Lipinski definition) is 1. The SMILES string of the molecule is COCC12CN(S(=O)(=O)c3cc4cc(Cl)ccc4n3S(=O)(=O)c3ccccc3)CC(=O)N1CC1(CCNCC1)N2C. The van der Waals surface area contributed by atoms with Crippen molar-refractivity contribution in [3.05, 3.63) is 59.6 Å². The summed E-state index contributed by atoms with van der Waals surface area (Å²) in [5, 5.41) is 3.59. The van der Waals surface area contributed by atoms with Gasteiger partial charge in [-0.25, -0.2) is 20.8 Å².